The van der Waals surface area contributed by atoms with Crippen molar-refractivity contribution in [2.24, 2.45) is 4.99 Å². The second-order valence-corrected chi connectivity index (χ2v) is 5.45. The van der Waals surface area contributed by atoms with Crippen molar-refractivity contribution in [1.29, 1.82) is 0 Å². The van der Waals surface area contributed by atoms with Gasteiger partial charge in [-0.05, 0) is 12.1 Å². The van der Waals surface area contributed by atoms with Gasteiger partial charge in [0.2, 0.25) is 0 Å². The van der Waals surface area contributed by atoms with Crippen molar-refractivity contribution in [3.05, 3.63) is 34.7 Å². The first-order chi connectivity index (χ1) is 9.72. The molecular formula is C13H11ClN4OS. The van der Waals surface area contributed by atoms with Gasteiger partial charge in [0.05, 0.1) is 12.2 Å². The first-order valence-electron chi connectivity index (χ1n) is 6.03. The van der Waals surface area contributed by atoms with E-state index in [-0.39, 0.29) is 5.91 Å². The van der Waals surface area contributed by atoms with E-state index in [1.54, 1.807) is 0 Å². The van der Waals surface area contributed by atoms with Crippen LogP contribution in [0.3, 0.4) is 0 Å². The van der Waals surface area contributed by atoms with E-state index >= 15 is 0 Å². The molecule has 0 saturated heterocycles. The van der Waals surface area contributed by atoms with E-state index in [1.807, 2.05) is 29.6 Å². The maximum absolute atomic E-state index is 11.8. The lowest BCUT2D eigenvalue weighted by molar-refractivity contribution is -0.110. The fourth-order valence-corrected chi connectivity index (χ4v) is 2.63. The topological polar surface area (TPSA) is 66.4 Å². The summed E-state index contributed by atoms with van der Waals surface area (Å²) in [6.07, 6.45) is 0. The molecule has 0 aliphatic carbocycles. The van der Waals surface area contributed by atoms with Gasteiger partial charge in [-0.1, -0.05) is 23.7 Å². The van der Waals surface area contributed by atoms with Gasteiger partial charge in [0.25, 0.3) is 5.91 Å². The molecule has 0 atom stereocenters. The largest absolute Gasteiger partial charge is 0.364 e. The summed E-state index contributed by atoms with van der Waals surface area (Å²) in [5, 5.41) is 8.78. The molecule has 3 rings (SSSR count). The van der Waals surface area contributed by atoms with Crippen LogP contribution in [0.2, 0.25) is 5.02 Å². The fraction of sp³-hybridized carbons (Fsp3) is 0.154. The Bertz CT molecular complexity index is 665. The van der Waals surface area contributed by atoms with E-state index in [9.17, 15) is 4.79 Å². The van der Waals surface area contributed by atoms with Gasteiger partial charge in [-0.2, -0.15) is 0 Å². The Labute approximate surface area is 124 Å². The van der Waals surface area contributed by atoms with Crippen LogP contribution in [-0.4, -0.2) is 29.8 Å². The van der Waals surface area contributed by atoms with Gasteiger partial charge in [0.1, 0.15) is 0 Å². The molecule has 20 heavy (non-hydrogen) atoms. The molecule has 1 aliphatic rings. The predicted molar refractivity (Wildman–Crippen MR) is 81.5 cm³/mol. The second kappa shape index (κ2) is 5.60. The highest BCUT2D eigenvalue weighted by Gasteiger charge is 2.16. The van der Waals surface area contributed by atoms with E-state index < -0.39 is 0 Å². The Morgan fingerprint density at radius 2 is 2.15 bits per heavy atom. The zero-order valence-corrected chi connectivity index (χ0v) is 12.0. The summed E-state index contributed by atoms with van der Waals surface area (Å²) < 4.78 is 0. The second-order valence-electron chi connectivity index (χ2n) is 4.16. The van der Waals surface area contributed by atoms with Gasteiger partial charge in [-0.25, -0.2) is 4.98 Å². The third kappa shape index (κ3) is 2.81. The summed E-state index contributed by atoms with van der Waals surface area (Å²) in [4.78, 5) is 20.3. The highest BCUT2D eigenvalue weighted by Crippen LogP contribution is 2.25. The molecule has 2 N–H and O–H groups in total. The van der Waals surface area contributed by atoms with Crippen molar-refractivity contribution >= 4 is 39.8 Å². The molecule has 5 nitrogen and oxygen atoms in total. The Morgan fingerprint density at radius 1 is 1.35 bits per heavy atom. The predicted octanol–water partition coefficient (Wildman–Crippen LogP) is 2.40. The number of benzene rings is 1. The summed E-state index contributed by atoms with van der Waals surface area (Å²) in [6.45, 7) is 1.34. The number of hydrogen-bond acceptors (Lipinski definition) is 5. The number of anilines is 1. The molecular weight excluding hydrogens is 296 g/mol. The van der Waals surface area contributed by atoms with Gasteiger partial charge in [0.15, 0.2) is 11.0 Å². The smallest absolute Gasteiger partial charge is 0.292 e. The number of aliphatic imine (C=N–C) groups is 1. The van der Waals surface area contributed by atoms with Gasteiger partial charge in [0, 0.05) is 22.5 Å². The monoisotopic (exact) mass is 306 g/mol. The van der Waals surface area contributed by atoms with Crippen LogP contribution < -0.4 is 10.6 Å². The minimum Gasteiger partial charge on any atom is -0.364 e. The van der Waals surface area contributed by atoms with E-state index in [2.05, 4.69) is 20.6 Å². The summed E-state index contributed by atoms with van der Waals surface area (Å²) in [5.41, 5.74) is 1.77. The fourth-order valence-electron chi connectivity index (χ4n) is 1.79. The molecule has 102 valence electrons. The number of carbonyl (C=O) groups is 1. The molecule has 1 aromatic heterocycles. The van der Waals surface area contributed by atoms with Crippen LogP contribution in [0, 0.1) is 0 Å². The van der Waals surface area contributed by atoms with Crippen molar-refractivity contribution in [1.82, 2.24) is 10.3 Å². The molecule has 1 amide bonds. The third-order valence-corrected chi connectivity index (χ3v) is 3.76. The zero-order chi connectivity index (χ0) is 13.9. The first-order valence-corrected chi connectivity index (χ1v) is 7.29. The van der Waals surface area contributed by atoms with Crippen LogP contribution in [-0.2, 0) is 4.79 Å². The van der Waals surface area contributed by atoms with Crippen LogP contribution in [0.1, 0.15) is 0 Å². The summed E-state index contributed by atoms with van der Waals surface area (Å²) in [6, 6.07) is 7.41. The lowest BCUT2D eigenvalue weighted by Gasteiger charge is -2.01. The minimum atomic E-state index is -0.250. The van der Waals surface area contributed by atoms with Crippen LogP contribution in [0.25, 0.3) is 11.3 Å². The van der Waals surface area contributed by atoms with Crippen molar-refractivity contribution < 1.29 is 4.79 Å². The van der Waals surface area contributed by atoms with Crippen LogP contribution in [0.4, 0.5) is 5.13 Å². The van der Waals surface area contributed by atoms with E-state index in [0.717, 1.165) is 11.3 Å². The highest BCUT2D eigenvalue weighted by molar-refractivity contribution is 7.14. The molecule has 0 radical (unpaired) electrons. The molecule has 1 aliphatic heterocycles. The Kier molecular flexibility index (Phi) is 3.66. The average molecular weight is 307 g/mol. The standard InChI is InChI=1S/C13H11ClN4OS/c14-9-3-1-8(2-4-9)10-7-20-13(17-10)18-12(19)11-15-5-6-16-11/h1-4,7H,5-6H2,(H,15,16)(H,17,18,19). The number of rotatable bonds is 3. The van der Waals surface area contributed by atoms with Crippen molar-refractivity contribution in [2.75, 3.05) is 18.4 Å². The summed E-state index contributed by atoms with van der Waals surface area (Å²) >= 11 is 7.23. The number of halogens is 1. The molecule has 0 unspecified atom stereocenters. The number of amides is 1. The molecule has 7 heteroatoms. The number of thiazole rings is 1. The van der Waals surface area contributed by atoms with E-state index in [1.165, 1.54) is 11.3 Å². The number of carbonyl (C=O) groups excluding carboxylic acids is 1. The Morgan fingerprint density at radius 3 is 2.85 bits per heavy atom. The van der Waals surface area contributed by atoms with Gasteiger partial charge in [-0.3, -0.25) is 15.1 Å². The molecule has 0 saturated carbocycles. The third-order valence-electron chi connectivity index (χ3n) is 2.75. The van der Waals surface area contributed by atoms with Crippen LogP contribution >= 0.6 is 22.9 Å². The van der Waals surface area contributed by atoms with Gasteiger partial charge in [-0.15, -0.1) is 11.3 Å². The SMILES string of the molecule is O=C(Nc1nc(-c2ccc(Cl)cc2)cs1)C1=NCCN1. The van der Waals surface area contributed by atoms with Crippen molar-refractivity contribution in [2.45, 2.75) is 0 Å². The quantitative estimate of drug-likeness (QED) is 0.915. The van der Waals surface area contributed by atoms with Crippen molar-refractivity contribution in [3.8, 4) is 11.3 Å². The van der Waals surface area contributed by atoms with Crippen molar-refractivity contribution in [3.63, 3.8) is 0 Å². The lowest BCUT2D eigenvalue weighted by Crippen LogP contribution is -2.32. The number of amidine groups is 1. The summed E-state index contributed by atoms with van der Waals surface area (Å²) in [5.74, 6) is 0.118. The van der Waals surface area contributed by atoms with Gasteiger partial charge < -0.3 is 5.32 Å². The van der Waals surface area contributed by atoms with Gasteiger partial charge >= 0.3 is 0 Å². The van der Waals surface area contributed by atoms with E-state index in [0.29, 0.717) is 29.1 Å². The summed E-state index contributed by atoms with van der Waals surface area (Å²) in [7, 11) is 0. The zero-order valence-electron chi connectivity index (χ0n) is 10.4. The number of nitrogens with one attached hydrogen (secondary N) is 2. The Balaban J connectivity index is 1.73. The maximum atomic E-state index is 11.8. The average Bonchev–Trinajstić information content (AvgIpc) is 3.10. The Hall–Kier alpha value is -1.92. The number of aromatic nitrogens is 1. The molecule has 2 heterocycles. The lowest BCUT2D eigenvalue weighted by atomic mass is 10.2. The molecule has 0 fully saturated rings. The van der Waals surface area contributed by atoms with Crippen LogP contribution in [0.15, 0.2) is 34.6 Å². The number of hydrogen-bond donors (Lipinski definition) is 2. The molecule has 0 bridgehead atoms. The van der Waals surface area contributed by atoms with Crippen LogP contribution in [0.5, 0.6) is 0 Å². The maximum Gasteiger partial charge on any atom is 0.292 e. The highest BCUT2D eigenvalue weighted by atomic mass is 35.5. The van der Waals surface area contributed by atoms with E-state index in [4.69, 9.17) is 11.6 Å². The molecule has 2 aromatic rings. The first kappa shape index (κ1) is 13.1. The molecule has 1 aromatic carbocycles. The number of nitrogens with zero attached hydrogens (tertiary/aromatic N) is 2. The molecule has 0 spiro atoms. The minimum absolute atomic E-state index is 0.250. The normalized spacial score (nSPS) is 13.8.